The van der Waals surface area contributed by atoms with E-state index in [9.17, 15) is 13.6 Å². The minimum atomic E-state index is -1.45. The van der Waals surface area contributed by atoms with Crippen LogP contribution in [0.15, 0.2) is 36.5 Å². The van der Waals surface area contributed by atoms with Crippen LogP contribution in [0.2, 0.25) is 0 Å². The zero-order valence-electron chi connectivity index (χ0n) is 8.93. The van der Waals surface area contributed by atoms with Crippen LogP contribution in [0.3, 0.4) is 0 Å². The van der Waals surface area contributed by atoms with Gasteiger partial charge < -0.3 is 9.84 Å². The fourth-order valence-electron chi connectivity index (χ4n) is 1.33. The third-order valence-electron chi connectivity index (χ3n) is 2.10. The minimum Gasteiger partial charge on any atom is -0.477 e. The normalized spacial score (nSPS) is 10.1. The van der Waals surface area contributed by atoms with Gasteiger partial charge in [0.1, 0.15) is 22.9 Å². The third-order valence-corrected chi connectivity index (χ3v) is 2.10. The van der Waals surface area contributed by atoms with Crippen molar-refractivity contribution in [2.45, 2.75) is 0 Å². The third kappa shape index (κ3) is 2.42. The van der Waals surface area contributed by atoms with Crippen LogP contribution in [0.1, 0.15) is 10.4 Å². The number of nitrogens with zero attached hydrogens (tertiary/aromatic N) is 1. The summed E-state index contributed by atoms with van der Waals surface area (Å²) < 4.78 is 31.1. The summed E-state index contributed by atoms with van der Waals surface area (Å²) >= 11 is 0. The fourth-order valence-corrected chi connectivity index (χ4v) is 1.33. The molecule has 0 saturated heterocycles. The van der Waals surface area contributed by atoms with E-state index in [-0.39, 0.29) is 11.6 Å². The van der Waals surface area contributed by atoms with Crippen molar-refractivity contribution in [3.8, 4) is 11.6 Å². The summed E-state index contributed by atoms with van der Waals surface area (Å²) in [5.74, 6) is -3.14. The van der Waals surface area contributed by atoms with Gasteiger partial charge in [-0.1, -0.05) is 6.07 Å². The maximum absolute atomic E-state index is 13.3. The van der Waals surface area contributed by atoms with Crippen LogP contribution in [-0.4, -0.2) is 16.1 Å². The molecule has 2 aromatic rings. The van der Waals surface area contributed by atoms with Crippen LogP contribution in [0.5, 0.6) is 11.6 Å². The Hall–Kier alpha value is -2.50. The Labute approximate surface area is 100 Å². The number of carboxylic acids is 1. The summed E-state index contributed by atoms with van der Waals surface area (Å²) in [6.07, 6.45) is 0.912. The molecule has 0 atom stereocenters. The standard InChI is InChI=1S/C12H7F2NO3/c13-7-4-5-10(15-6-7)18-9-3-1-2-8(14)11(9)12(16)17/h1-6H,(H,16,17). The van der Waals surface area contributed by atoms with E-state index in [0.717, 1.165) is 18.3 Å². The number of pyridine rings is 1. The molecule has 18 heavy (non-hydrogen) atoms. The Bertz CT molecular complexity index is 584. The van der Waals surface area contributed by atoms with Crippen molar-refractivity contribution in [1.29, 1.82) is 0 Å². The first kappa shape index (κ1) is 12.0. The molecule has 0 aliphatic heterocycles. The molecule has 1 N–H and O–H groups in total. The van der Waals surface area contributed by atoms with Crippen LogP contribution in [0, 0.1) is 11.6 Å². The van der Waals surface area contributed by atoms with Crippen LogP contribution < -0.4 is 4.74 Å². The highest BCUT2D eigenvalue weighted by Gasteiger charge is 2.17. The minimum absolute atomic E-state index is 0.0236. The predicted octanol–water partition coefficient (Wildman–Crippen LogP) is 2.85. The average Bonchev–Trinajstić information content (AvgIpc) is 2.32. The number of ether oxygens (including phenoxy) is 1. The quantitative estimate of drug-likeness (QED) is 0.911. The van der Waals surface area contributed by atoms with E-state index in [1.807, 2.05) is 0 Å². The van der Waals surface area contributed by atoms with E-state index < -0.39 is 23.2 Å². The van der Waals surface area contributed by atoms with Crippen LogP contribution in [-0.2, 0) is 0 Å². The summed E-state index contributed by atoms with van der Waals surface area (Å²) in [6, 6.07) is 5.92. The van der Waals surface area contributed by atoms with Crippen molar-refractivity contribution in [3.63, 3.8) is 0 Å². The first-order chi connectivity index (χ1) is 8.58. The summed E-state index contributed by atoms with van der Waals surface area (Å²) in [7, 11) is 0. The summed E-state index contributed by atoms with van der Waals surface area (Å²) in [5.41, 5.74) is -0.594. The molecule has 1 aromatic heterocycles. The second-order valence-electron chi connectivity index (χ2n) is 3.33. The lowest BCUT2D eigenvalue weighted by Crippen LogP contribution is -2.03. The molecular weight excluding hydrogens is 244 g/mol. The van der Waals surface area contributed by atoms with Gasteiger partial charge in [-0.3, -0.25) is 0 Å². The molecule has 6 heteroatoms. The monoisotopic (exact) mass is 251 g/mol. The molecule has 0 aliphatic carbocycles. The lowest BCUT2D eigenvalue weighted by atomic mass is 10.2. The van der Waals surface area contributed by atoms with Gasteiger partial charge in [0.25, 0.3) is 0 Å². The molecule has 0 radical (unpaired) electrons. The van der Waals surface area contributed by atoms with E-state index in [0.29, 0.717) is 0 Å². The Balaban J connectivity index is 2.37. The van der Waals surface area contributed by atoms with E-state index in [4.69, 9.17) is 9.84 Å². The second kappa shape index (κ2) is 4.79. The molecule has 0 fully saturated rings. The molecule has 92 valence electrons. The van der Waals surface area contributed by atoms with E-state index in [1.165, 1.54) is 18.2 Å². The lowest BCUT2D eigenvalue weighted by Gasteiger charge is -2.08. The van der Waals surface area contributed by atoms with Gasteiger partial charge in [0, 0.05) is 6.07 Å². The number of hydrogen-bond acceptors (Lipinski definition) is 3. The molecule has 0 unspecified atom stereocenters. The highest BCUT2D eigenvalue weighted by Crippen LogP contribution is 2.26. The maximum atomic E-state index is 13.3. The Morgan fingerprint density at radius 2 is 2.00 bits per heavy atom. The van der Waals surface area contributed by atoms with Gasteiger partial charge in [0.15, 0.2) is 0 Å². The molecule has 2 rings (SSSR count). The number of hydrogen-bond donors (Lipinski definition) is 1. The zero-order valence-corrected chi connectivity index (χ0v) is 8.93. The van der Waals surface area contributed by atoms with Gasteiger partial charge in [-0.05, 0) is 18.2 Å². The fraction of sp³-hybridized carbons (Fsp3) is 0. The topological polar surface area (TPSA) is 59.4 Å². The Morgan fingerprint density at radius 3 is 2.61 bits per heavy atom. The summed E-state index contributed by atoms with van der Waals surface area (Å²) in [6.45, 7) is 0. The molecule has 0 spiro atoms. The highest BCUT2D eigenvalue weighted by molar-refractivity contribution is 5.91. The molecule has 4 nitrogen and oxygen atoms in total. The molecule has 0 aliphatic rings. The van der Waals surface area contributed by atoms with Crippen LogP contribution >= 0.6 is 0 Å². The number of carbonyl (C=O) groups is 1. The molecule has 0 bridgehead atoms. The van der Waals surface area contributed by atoms with Crippen LogP contribution in [0.25, 0.3) is 0 Å². The first-order valence-electron chi connectivity index (χ1n) is 4.89. The van der Waals surface area contributed by atoms with Gasteiger partial charge in [0.2, 0.25) is 5.88 Å². The first-order valence-corrected chi connectivity index (χ1v) is 4.89. The molecular formula is C12H7F2NO3. The second-order valence-corrected chi connectivity index (χ2v) is 3.33. The summed E-state index contributed by atoms with van der Waals surface area (Å²) in [4.78, 5) is 14.5. The molecule has 1 heterocycles. The van der Waals surface area contributed by atoms with E-state index in [2.05, 4.69) is 4.98 Å². The van der Waals surface area contributed by atoms with Crippen molar-refractivity contribution >= 4 is 5.97 Å². The average molecular weight is 251 g/mol. The van der Waals surface area contributed by atoms with Crippen molar-refractivity contribution < 1.29 is 23.4 Å². The SMILES string of the molecule is O=C(O)c1c(F)cccc1Oc1ccc(F)cn1. The Morgan fingerprint density at radius 1 is 1.22 bits per heavy atom. The zero-order chi connectivity index (χ0) is 13.1. The van der Waals surface area contributed by atoms with Gasteiger partial charge in [-0.2, -0.15) is 0 Å². The van der Waals surface area contributed by atoms with Gasteiger partial charge >= 0.3 is 5.97 Å². The number of halogens is 2. The number of aromatic carboxylic acids is 1. The van der Waals surface area contributed by atoms with Crippen LogP contribution in [0.4, 0.5) is 8.78 Å². The maximum Gasteiger partial charge on any atom is 0.342 e. The number of rotatable bonds is 3. The highest BCUT2D eigenvalue weighted by atomic mass is 19.1. The van der Waals surface area contributed by atoms with Crippen molar-refractivity contribution in [3.05, 3.63) is 53.7 Å². The number of benzene rings is 1. The van der Waals surface area contributed by atoms with Crippen molar-refractivity contribution in [2.24, 2.45) is 0 Å². The summed E-state index contributed by atoms with van der Waals surface area (Å²) in [5, 5.41) is 8.87. The van der Waals surface area contributed by atoms with E-state index >= 15 is 0 Å². The molecule has 1 aromatic carbocycles. The lowest BCUT2D eigenvalue weighted by molar-refractivity contribution is 0.0689. The smallest absolute Gasteiger partial charge is 0.342 e. The largest absolute Gasteiger partial charge is 0.477 e. The number of aromatic nitrogens is 1. The van der Waals surface area contributed by atoms with Gasteiger partial charge in [-0.25, -0.2) is 18.6 Å². The molecule has 0 amide bonds. The predicted molar refractivity (Wildman–Crippen MR) is 57.6 cm³/mol. The van der Waals surface area contributed by atoms with Gasteiger partial charge in [-0.15, -0.1) is 0 Å². The number of carboxylic acid groups (broad SMARTS) is 1. The molecule has 0 saturated carbocycles. The van der Waals surface area contributed by atoms with E-state index in [1.54, 1.807) is 0 Å². The van der Waals surface area contributed by atoms with Crippen molar-refractivity contribution in [2.75, 3.05) is 0 Å². The van der Waals surface area contributed by atoms with Crippen molar-refractivity contribution in [1.82, 2.24) is 4.98 Å². The Kier molecular flexibility index (Phi) is 3.18. The van der Waals surface area contributed by atoms with Gasteiger partial charge in [0.05, 0.1) is 6.20 Å².